The summed E-state index contributed by atoms with van der Waals surface area (Å²) < 4.78 is 16.2. The lowest BCUT2D eigenvalue weighted by atomic mass is 10.1. The average molecular weight is 377 g/mol. The maximum Gasteiger partial charge on any atom is 0.416 e. The summed E-state index contributed by atoms with van der Waals surface area (Å²) in [4.78, 5) is 19.7. The lowest BCUT2D eigenvalue weighted by Gasteiger charge is -2.26. The molecule has 26 heavy (non-hydrogen) atoms. The normalized spacial score (nSPS) is 11.2. The molecule has 0 aliphatic carbocycles. The number of benzene rings is 1. The molecule has 2 aromatic rings. The minimum Gasteiger partial charge on any atom is -0.497 e. The molecule has 1 amide bonds. The number of amides is 1. The number of methoxy groups -OCH3 is 2. The number of aryl methyl sites for hydroxylation is 1. The van der Waals surface area contributed by atoms with Gasteiger partial charge in [-0.1, -0.05) is 0 Å². The molecule has 0 fully saturated rings. The number of hydrogen-bond donors (Lipinski definition) is 0. The summed E-state index contributed by atoms with van der Waals surface area (Å²) in [6.07, 6.45) is -0.468. The zero-order chi connectivity index (χ0) is 19.5. The van der Waals surface area contributed by atoms with Gasteiger partial charge in [-0.25, -0.2) is 14.7 Å². The molecule has 0 saturated heterocycles. The molecule has 0 atom stereocenters. The Kier molecular flexibility index (Phi) is 6.13. The molecule has 1 radical (unpaired) electrons. The Hall–Kier alpha value is -2.28. The molecule has 0 bridgehead atoms. The first-order valence-corrected chi connectivity index (χ1v) is 8.97. The monoisotopic (exact) mass is 377 g/mol. The predicted octanol–water partition coefficient (Wildman–Crippen LogP) is 4.59. The van der Waals surface area contributed by atoms with Crippen LogP contribution in [0, 0.1) is 13.8 Å². The molecule has 1 heterocycles. The highest BCUT2D eigenvalue weighted by Gasteiger charge is 2.27. The largest absolute Gasteiger partial charge is 0.497 e. The Labute approximate surface area is 158 Å². The maximum atomic E-state index is 12.8. The van der Waals surface area contributed by atoms with E-state index in [0.717, 1.165) is 10.4 Å². The third kappa shape index (κ3) is 4.88. The highest BCUT2D eigenvalue weighted by molar-refractivity contribution is 7.15. The van der Waals surface area contributed by atoms with Crippen molar-refractivity contribution in [3.05, 3.63) is 41.3 Å². The predicted molar refractivity (Wildman–Crippen MR) is 103 cm³/mol. The van der Waals surface area contributed by atoms with Crippen molar-refractivity contribution in [1.29, 1.82) is 0 Å². The number of thiazole rings is 1. The van der Waals surface area contributed by atoms with Crippen molar-refractivity contribution in [3.8, 4) is 11.5 Å². The van der Waals surface area contributed by atoms with E-state index in [1.54, 1.807) is 20.3 Å². The third-order valence-corrected chi connectivity index (χ3v) is 4.58. The van der Waals surface area contributed by atoms with E-state index in [2.05, 4.69) is 11.9 Å². The van der Waals surface area contributed by atoms with Crippen molar-refractivity contribution in [2.75, 3.05) is 19.1 Å². The summed E-state index contributed by atoms with van der Waals surface area (Å²) in [6.45, 7) is 11.6. The number of ether oxygens (including phenoxy) is 3. The average Bonchev–Trinajstić information content (AvgIpc) is 2.89. The van der Waals surface area contributed by atoms with Gasteiger partial charge in [-0.3, -0.25) is 0 Å². The zero-order valence-electron chi connectivity index (χ0n) is 16.1. The molecule has 0 N–H and O–H groups in total. The van der Waals surface area contributed by atoms with E-state index < -0.39 is 11.7 Å². The van der Waals surface area contributed by atoms with Crippen LogP contribution in [-0.4, -0.2) is 30.9 Å². The second-order valence-corrected chi connectivity index (χ2v) is 7.93. The van der Waals surface area contributed by atoms with E-state index in [4.69, 9.17) is 14.2 Å². The first-order valence-electron chi connectivity index (χ1n) is 8.15. The van der Waals surface area contributed by atoms with Gasteiger partial charge in [-0.05, 0) is 46.8 Å². The second kappa shape index (κ2) is 7.95. The molecule has 7 heteroatoms. The van der Waals surface area contributed by atoms with E-state index in [1.807, 2.05) is 39.8 Å². The molecule has 0 aliphatic rings. The van der Waals surface area contributed by atoms with E-state index in [0.29, 0.717) is 22.3 Å². The summed E-state index contributed by atoms with van der Waals surface area (Å²) in [5.41, 5.74) is 0.858. The molecule has 6 nitrogen and oxygen atoms in total. The van der Waals surface area contributed by atoms with Gasteiger partial charge in [-0.15, -0.1) is 11.3 Å². The second-order valence-electron chi connectivity index (χ2n) is 6.74. The summed E-state index contributed by atoms with van der Waals surface area (Å²) >= 11 is 1.40. The molecule has 0 aliphatic heterocycles. The van der Waals surface area contributed by atoms with Crippen LogP contribution in [0.5, 0.6) is 11.5 Å². The Morgan fingerprint density at radius 1 is 1.27 bits per heavy atom. The van der Waals surface area contributed by atoms with Crippen LogP contribution in [0.4, 0.5) is 9.93 Å². The first kappa shape index (κ1) is 20.0. The number of nitrogens with zero attached hydrogens (tertiary/aromatic N) is 2. The summed E-state index contributed by atoms with van der Waals surface area (Å²) in [5.74, 6) is 1.31. The number of anilines is 1. The number of hydrogen-bond acceptors (Lipinski definition) is 6. The first-order chi connectivity index (χ1) is 12.1. The number of rotatable bonds is 5. The van der Waals surface area contributed by atoms with Crippen LogP contribution in [0.15, 0.2) is 18.2 Å². The highest BCUT2D eigenvalue weighted by Crippen LogP contribution is 2.31. The molecule has 0 spiro atoms. The van der Waals surface area contributed by atoms with Gasteiger partial charge in [0.25, 0.3) is 0 Å². The summed E-state index contributed by atoms with van der Waals surface area (Å²) in [7, 11) is 3.17. The van der Waals surface area contributed by atoms with Crippen molar-refractivity contribution in [3.63, 3.8) is 0 Å². The highest BCUT2D eigenvalue weighted by atomic mass is 32.1. The lowest BCUT2D eigenvalue weighted by molar-refractivity contribution is 0.0577. The topological polar surface area (TPSA) is 60.9 Å². The Morgan fingerprint density at radius 3 is 2.46 bits per heavy atom. The van der Waals surface area contributed by atoms with Gasteiger partial charge in [0.15, 0.2) is 5.13 Å². The molecule has 0 saturated carbocycles. The summed E-state index contributed by atoms with van der Waals surface area (Å²) in [5, 5.41) is 0.541. The van der Waals surface area contributed by atoms with Crippen LogP contribution in [-0.2, 0) is 11.3 Å². The minimum atomic E-state index is -0.612. The van der Waals surface area contributed by atoms with Crippen LogP contribution in [0.3, 0.4) is 0 Å². The molecule has 0 unspecified atom stereocenters. The van der Waals surface area contributed by atoms with Crippen LogP contribution in [0.1, 0.15) is 36.9 Å². The lowest BCUT2D eigenvalue weighted by Crippen LogP contribution is -2.36. The molecule has 2 rings (SSSR count). The van der Waals surface area contributed by atoms with Crippen molar-refractivity contribution in [1.82, 2.24) is 4.98 Å². The van der Waals surface area contributed by atoms with Crippen molar-refractivity contribution in [2.24, 2.45) is 0 Å². The smallest absolute Gasteiger partial charge is 0.416 e. The molecular weight excluding hydrogens is 352 g/mol. The van der Waals surface area contributed by atoms with Gasteiger partial charge in [0.1, 0.15) is 17.1 Å². The third-order valence-electron chi connectivity index (χ3n) is 3.55. The molecule has 1 aromatic heterocycles. The zero-order valence-corrected chi connectivity index (χ0v) is 16.9. The number of carbonyl (C=O) groups is 1. The van der Waals surface area contributed by atoms with E-state index in [1.165, 1.54) is 16.2 Å². The molecular formula is C19H25N2O4S. The van der Waals surface area contributed by atoms with Crippen LogP contribution < -0.4 is 14.4 Å². The Balaban J connectivity index is 2.40. The molecule has 1 aromatic carbocycles. The fraction of sp³-hybridized carbons (Fsp3) is 0.421. The maximum absolute atomic E-state index is 12.8. The molecule has 141 valence electrons. The number of aromatic nitrogens is 1. The quantitative estimate of drug-likeness (QED) is 0.762. The fourth-order valence-electron chi connectivity index (χ4n) is 2.21. The Morgan fingerprint density at radius 2 is 1.96 bits per heavy atom. The van der Waals surface area contributed by atoms with E-state index >= 15 is 0 Å². The Bertz CT molecular complexity index is 761. The SMILES string of the molecule is [CH2]c1nc(N(Cc2ccc(OC)cc2OC)C(=O)OC(C)(C)C)sc1C. The van der Waals surface area contributed by atoms with Gasteiger partial charge in [-0.2, -0.15) is 0 Å². The summed E-state index contributed by atoms with van der Waals surface area (Å²) in [6, 6.07) is 5.47. The van der Waals surface area contributed by atoms with Crippen molar-refractivity contribution >= 4 is 22.6 Å². The van der Waals surface area contributed by atoms with E-state index in [-0.39, 0.29) is 6.54 Å². The number of carbonyl (C=O) groups excluding carboxylic acids is 1. The van der Waals surface area contributed by atoms with Crippen LogP contribution in [0.25, 0.3) is 0 Å². The van der Waals surface area contributed by atoms with Gasteiger partial charge < -0.3 is 14.2 Å². The van der Waals surface area contributed by atoms with Gasteiger partial charge >= 0.3 is 6.09 Å². The van der Waals surface area contributed by atoms with E-state index in [9.17, 15) is 4.79 Å². The van der Waals surface area contributed by atoms with Gasteiger partial charge in [0.2, 0.25) is 0 Å². The van der Waals surface area contributed by atoms with Gasteiger partial charge in [0.05, 0.1) is 26.5 Å². The van der Waals surface area contributed by atoms with Crippen molar-refractivity contribution < 1.29 is 19.0 Å². The van der Waals surface area contributed by atoms with Crippen molar-refractivity contribution in [2.45, 2.75) is 39.8 Å². The standard InChI is InChI=1S/C19H25N2O4S/c1-12-13(2)26-17(20-12)21(18(22)25-19(3,4)5)11-14-8-9-15(23-6)10-16(14)24-7/h8-10H,1,11H2,2-7H3. The van der Waals surface area contributed by atoms with Crippen LogP contribution in [0.2, 0.25) is 0 Å². The fourth-order valence-corrected chi connectivity index (χ4v) is 3.05. The minimum absolute atomic E-state index is 0.258. The van der Waals surface area contributed by atoms with Crippen LogP contribution >= 0.6 is 11.3 Å². The van der Waals surface area contributed by atoms with Gasteiger partial charge in [0, 0.05) is 16.5 Å².